The van der Waals surface area contributed by atoms with Gasteiger partial charge in [0.2, 0.25) is 0 Å². The lowest BCUT2D eigenvalue weighted by Gasteiger charge is -2.19. The standard InChI is InChI=1S/C12H16N2O3S/c1-2-11(12(13)14-15)18-8-3-4-9-10(7-8)17-6-5-16-9/h3-4,7,11,15H,2,5-6H2,1H3,(H2,13,14). The Morgan fingerprint density at radius 1 is 1.44 bits per heavy atom. The van der Waals surface area contributed by atoms with Crippen molar-refractivity contribution < 1.29 is 14.7 Å². The fourth-order valence-electron chi connectivity index (χ4n) is 1.68. The van der Waals surface area contributed by atoms with Crippen LogP contribution < -0.4 is 15.2 Å². The Hall–Kier alpha value is -1.56. The second-order valence-corrected chi connectivity index (χ2v) is 5.12. The maximum Gasteiger partial charge on any atom is 0.162 e. The Balaban J connectivity index is 2.14. The van der Waals surface area contributed by atoms with Crippen LogP contribution >= 0.6 is 11.8 Å². The van der Waals surface area contributed by atoms with Gasteiger partial charge in [-0.25, -0.2) is 0 Å². The SMILES string of the molecule is CCC(Sc1ccc2c(c1)OCCO2)/C(N)=N/O. The molecular formula is C12H16N2O3S. The van der Waals surface area contributed by atoms with Crippen LogP contribution in [0.25, 0.3) is 0 Å². The molecular weight excluding hydrogens is 252 g/mol. The van der Waals surface area contributed by atoms with Gasteiger partial charge in [-0.1, -0.05) is 12.1 Å². The minimum Gasteiger partial charge on any atom is -0.486 e. The van der Waals surface area contributed by atoms with Gasteiger partial charge in [0.05, 0.1) is 5.25 Å². The zero-order valence-corrected chi connectivity index (χ0v) is 10.9. The summed E-state index contributed by atoms with van der Waals surface area (Å²) in [4.78, 5) is 1.01. The summed E-state index contributed by atoms with van der Waals surface area (Å²) >= 11 is 1.54. The number of thioether (sulfide) groups is 1. The molecule has 6 heteroatoms. The molecule has 0 bridgehead atoms. The summed E-state index contributed by atoms with van der Waals surface area (Å²) in [5.41, 5.74) is 5.64. The third kappa shape index (κ3) is 2.81. The van der Waals surface area contributed by atoms with Crippen molar-refractivity contribution in [3.8, 4) is 11.5 Å². The molecule has 5 nitrogen and oxygen atoms in total. The number of nitrogens with zero attached hydrogens (tertiary/aromatic N) is 1. The van der Waals surface area contributed by atoms with Crippen LogP contribution in [0.4, 0.5) is 0 Å². The molecule has 1 aromatic rings. The van der Waals surface area contributed by atoms with E-state index in [0.717, 1.165) is 22.8 Å². The lowest BCUT2D eigenvalue weighted by atomic mass is 10.3. The zero-order chi connectivity index (χ0) is 13.0. The molecule has 3 N–H and O–H groups in total. The topological polar surface area (TPSA) is 77.1 Å². The molecule has 1 aliphatic rings. The van der Waals surface area contributed by atoms with Gasteiger partial charge in [-0.15, -0.1) is 11.8 Å². The van der Waals surface area contributed by atoms with Crippen molar-refractivity contribution in [2.24, 2.45) is 10.9 Å². The molecule has 0 saturated carbocycles. The van der Waals surface area contributed by atoms with Crippen LogP contribution in [0, 0.1) is 0 Å². The average molecular weight is 268 g/mol. The molecule has 0 radical (unpaired) electrons. The van der Waals surface area contributed by atoms with Gasteiger partial charge < -0.3 is 20.4 Å². The number of oxime groups is 1. The molecule has 1 atom stereocenters. The number of nitrogens with two attached hydrogens (primary N) is 1. The minimum absolute atomic E-state index is 0.0439. The summed E-state index contributed by atoms with van der Waals surface area (Å²) in [5, 5.41) is 11.7. The van der Waals surface area contributed by atoms with Crippen molar-refractivity contribution in [1.29, 1.82) is 0 Å². The number of amidine groups is 1. The molecule has 1 unspecified atom stereocenters. The van der Waals surface area contributed by atoms with Crippen LogP contribution in [0.15, 0.2) is 28.3 Å². The van der Waals surface area contributed by atoms with E-state index in [1.807, 2.05) is 25.1 Å². The largest absolute Gasteiger partial charge is 0.486 e. The highest BCUT2D eigenvalue weighted by atomic mass is 32.2. The van der Waals surface area contributed by atoms with Crippen LogP contribution in [0.1, 0.15) is 13.3 Å². The molecule has 98 valence electrons. The van der Waals surface area contributed by atoms with Gasteiger partial charge in [0.1, 0.15) is 13.2 Å². The number of hydrogen-bond donors (Lipinski definition) is 2. The fraction of sp³-hybridized carbons (Fsp3) is 0.417. The molecule has 1 aliphatic heterocycles. The molecule has 1 aromatic carbocycles. The second kappa shape index (κ2) is 5.86. The molecule has 0 spiro atoms. The quantitative estimate of drug-likeness (QED) is 0.287. The van der Waals surface area contributed by atoms with Gasteiger partial charge in [-0.05, 0) is 24.6 Å². The zero-order valence-electron chi connectivity index (χ0n) is 10.1. The molecule has 18 heavy (non-hydrogen) atoms. The van der Waals surface area contributed by atoms with E-state index in [9.17, 15) is 0 Å². The first-order chi connectivity index (χ1) is 8.74. The Labute approximate surface area is 110 Å². The summed E-state index contributed by atoms with van der Waals surface area (Å²) in [6.45, 7) is 3.15. The van der Waals surface area contributed by atoms with Crippen molar-refractivity contribution in [1.82, 2.24) is 0 Å². The van der Waals surface area contributed by atoms with E-state index in [1.165, 1.54) is 0 Å². The maximum absolute atomic E-state index is 8.71. The fourth-order valence-corrected chi connectivity index (χ4v) is 2.66. The smallest absolute Gasteiger partial charge is 0.162 e. The number of rotatable bonds is 4. The Bertz CT molecular complexity index is 451. The molecule has 0 aliphatic carbocycles. The highest BCUT2D eigenvalue weighted by Gasteiger charge is 2.16. The normalized spacial score (nSPS) is 16.4. The third-order valence-electron chi connectivity index (χ3n) is 2.61. The molecule has 2 rings (SSSR count). The van der Waals surface area contributed by atoms with Crippen LogP contribution in [0.2, 0.25) is 0 Å². The summed E-state index contributed by atoms with van der Waals surface area (Å²) in [7, 11) is 0. The first kappa shape index (κ1) is 12.9. The van der Waals surface area contributed by atoms with Crippen LogP contribution in [0.3, 0.4) is 0 Å². The van der Waals surface area contributed by atoms with Gasteiger partial charge in [0.25, 0.3) is 0 Å². The van der Waals surface area contributed by atoms with Gasteiger partial charge in [0.15, 0.2) is 17.3 Å². The van der Waals surface area contributed by atoms with Crippen molar-refractivity contribution >= 4 is 17.6 Å². The number of fused-ring (bicyclic) bond motifs is 1. The monoisotopic (exact) mass is 268 g/mol. The van der Waals surface area contributed by atoms with E-state index < -0.39 is 0 Å². The van der Waals surface area contributed by atoms with E-state index in [1.54, 1.807) is 11.8 Å². The highest BCUT2D eigenvalue weighted by Crippen LogP contribution is 2.36. The van der Waals surface area contributed by atoms with Crippen molar-refractivity contribution in [2.75, 3.05) is 13.2 Å². The number of ether oxygens (including phenoxy) is 2. The lowest BCUT2D eigenvalue weighted by Crippen LogP contribution is -2.25. The van der Waals surface area contributed by atoms with Crippen LogP contribution in [-0.2, 0) is 0 Å². The van der Waals surface area contributed by atoms with E-state index in [0.29, 0.717) is 13.2 Å². The van der Waals surface area contributed by atoms with E-state index in [4.69, 9.17) is 20.4 Å². The predicted molar refractivity (Wildman–Crippen MR) is 70.8 cm³/mol. The first-order valence-corrected chi connectivity index (χ1v) is 6.66. The number of hydrogen-bond acceptors (Lipinski definition) is 5. The van der Waals surface area contributed by atoms with E-state index in [2.05, 4.69) is 5.16 Å². The van der Waals surface area contributed by atoms with E-state index >= 15 is 0 Å². The maximum atomic E-state index is 8.71. The summed E-state index contributed by atoms with van der Waals surface area (Å²) in [5.74, 6) is 1.75. The molecule has 0 saturated heterocycles. The van der Waals surface area contributed by atoms with E-state index in [-0.39, 0.29) is 11.1 Å². The first-order valence-electron chi connectivity index (χ1n) is 5.78. The molecule has 0 amide bonds. The minimum atomic E-state index is -0.0439. The third-order valence-corrected chi connectivity index (χ3v) is 3.99. The predicted octanol–water partition coefficient (Wildman–Crippen LogP) is 2.07. The van der Waals surface area contributed by atoms with Crippen LogP contribution in [0.5, 0.6) is 11.5 Å². The molecule has 0 aromatic heterocycles. The van der Waals surface area contributed by atoms with Crippen molar-refractivity contribution in [2.45, 2.75) is 23.5 Å². The Morgan fingerprint density at radius 2 is 2.17 bits per heavy atom. The Morgan fingerprint density at radius 3 is 2.83 bits per heavy atom. The lowest BCUT2D eigenvalue weighted by molar-refractivity contribution is 0.171. The summed E-state index contributed by atoms with van der Waals surface area (Å²) < 4.78 is 11.0. The summed E-state index contributed by atoms with van der Waals surface area (Å²) in [6.07, 6.45) is 0.787. The molecule has 0 fully saturated rings. The molecule has 1 heterocycles. The van der Waals surface area contributed by atoms with Crippen molar-refractivity contribution in [3.05, 3.63) is 18.2 Å². The number of benzene rings is 1. The Kier molecular flexibility index (Phi) is 4.19. The van der Waals surface area contributed by atoms with Gasteiger partial charge in [-0.3, -0.25) is 0 Å². The summed E-state index contributed by atoms with van der Waals surface area (Å²) in [6, 6.07) is 5.76. The van der Waals surface area contributed by atoms with Gasteiger partial charge in [-0.2, -0.15) is 0 Å². The van der Waals surface area contributed by atoms with Gasteiger partial charge >= 0.3 is 0 Å². The second-order valence-electron chi connectivity index (χ2n) is 3.85. The van der Waals surface area contributed by atoms with Crippen molar-refractivity contribution in [3.63, 3.8) is 0 Å². The van der Waals surface area contributed by atoms with Gasteiger partial charge in [0, 0.05) is 4.90 Å². The average Bonchev–Trinajstić information content (AvgIpc) is 2.43. The highest BCUT2D eigenvalue weighted by molar-refractivity contribution is 8.00. The van der Waals surface area contributed by atoms with Crippen LogP contribution in [-0.4, -0.2) is 29.5 Å².